The molecule has 0 spiro atoms. The Kier molecular flexibility index (Phi) is 4.68. The van der Waals surface area contributed by atoms with Crippen LogP contribution in [0.5, 0.6) is 5.75 Å². The first-order chi connectivity index (χ1) is 13.5. The van der Waals surface area contributed by atoms with Gasteiger partial charge in [-0.25, -0.2) is 4.98 Å². The zero-order valence-corrected chi connectivity index (χ0v) is 14.8. The first-order valence-electron chi connectivity index (χ1n) is 8.74. The molecule has 0 aliphatic carbocycles. The normalized spacial score (nSPS) is 12.0. The summed E-state index contributed by atoms with van der Waals surface area (Å²) < 4.78 is 46.4. The van der Waals surface area contributed by atoms with Crippen molar-refractivity contribution in [2.24, 2.45) is 0 Å². The number of rotatable bonds is 5. The smallest absolute Gasteiger partial charge is 0.416 e. The Bertz CT molecular complexity index is 1140. The third-order valence-corrected chi connectivity index (χ3v) is 4.57. The number of aliphatic hydroxyl groups excluding tert-OH is 1. The molecule has 7 heteroatoms. The molecule has 1 aromatic heterocycles. The molecule has 0 bridgehead atoms. The van der Waals surface area contributed by atoms with Gasteiger partial charge in [-0.2, -0.15) is 13.2 Å². The van der Waals surface area contributed by atoms with Gasteiger partial charge in [0, 0.05) is 6.54 Å². The van der Waals surface area contributed by atoms with Crippen LogP contribution in [-0.4, -0.2) is 21.3 Å². The summed E-state index contributed by atoms with van der Waals surface area (Å²) in [4.78, 5) is 4.31. The van der Waals surface area contributed by atoms with Gasteiger partial charge in [-0.3, -0.25) is 0 Å². The molecule has 0 saturated carbocycles. The number of aromatic nitrogens is 2. The number of fused-ring (bicyclic) bond motifs is 2. The molecule has 144 valence electrons. The van der Waals surface area contributed by atoms with Crippen LogP contribution in [0.1, 0.15) is 11.4 Å². The summed E-state index contributed by atoms with van der Waals surface area (Å²) in [6, 6.07) is 16.9. The molecular weight excluding hydrogens is 369 g/mol. The average Bonchev–Trinajstić information content (AvgIpc) is 3.03. The Hall–Kier alpha value is -3.06. The zero-order chi connectivity index (χ0) is 19.7. The van der Waals surface area contributed by atoms with Crippen molar-refractivity contribution in [3.8, 4) is 5.75 Å². The van der Waals surface area contributed by atoms with E-state index in [2.05, 4.69) is 4.98 Å². The first kappa shape index (κ1) is 18.3. The van der Waals surface area contributed by atoms with Gasteiger partial charge in [0.05, 0.1) is 23.2 Å². The van der Waals surface area contributed by atoms with E-state index in [9.17, 15) is 18.3 Å². The van der Waals surface area contributed by atoms with Gasteiger partial charge in [-0.05, 0) is 41.1 Å². The monoisotopic (exact) mass is 386 g/mol. The number of halogens is 3. The molecule has 1 N–H and O–H groups in total. The van der Waals surface area contributed by atoms with Gasteiger partial charge in [-0.15, -0.1) is 0 Å². The lowest BCUT2D eigenvalue weighted by Crippen LogP contribution is -2.09. The molecule has 4 aromatic rings. The topological polar surface area (TPSA) is 47.3 Å². The van der Waals surface area contributed by atoms with Gasteiger partial charge >= 0.3 is 6.18 Å². The predicted molar refractivity (Wildman–Crippen MR) is 100 cm³/mol. The fourth-order valence-corrected chi connectivity index (χ4v) is 3.22. The van der Waals surface area contributed by atoms with E-state index in [1.54, 1.807) is 4.57 Å². The Morgan fingerprint density at radius 1 is 0.964 bits per heavy atom. The molecule has 0 aliphatic rings. The van der Waals surface area contributed by atoms with E-state index in [1.165, 1.54) is 6.07 Å². The van der Waals surface area contributed by atoms with E-state index in [4.69, 9.17) is 4.74 Å². The molecule has 0 amide bonds. The van der Waals surface area contributed by atoms with Crippen LogP contribution in [0.25, 0.3) is 21.8 Å². The van der Waals surface area contributed by atoms with Crippen LogP contribution in [0.2, 0.25) is 0 Å². The second-order valence-corrected chi connectivity index (χ2v) is 6.40. The summed E-state index contributed by atoms with van der Waals surface area (Å²) in [6.45, 7) is 0.141. The maximum Gasteiger partial charge on any atom is 0.416 e. The van der Waals surface area contributed by atoms with Crippen molar-refractivity contribution in [3.63, 3.8) is 0 Å². The van der Waals surface area contributed by atoms with Crippen LogP contribution in [0.3, 0.4) is 0 Å². The van der Waals surface area contributed by atoms with Gasteiger partial charge in [0.15, 0.2) is 0 Å². The first-order valence-corrected chi connectivity index (χ1v) is 8.74. The van der Waals surface area contributed by atoms with E-state index in [1.807, 2.05) is 42.5 Å². The van der Waals surface area contributed by atoms with Crippen LogP contribution < -0.4 is 4.74 Å². The van der Waals surface area contributed by atoms with Crippen LogP contribution >= 0.6 is 0 Å². The standard InChI is InChI=1S/C21H17F3N2O2/c22-21(23,24)16-6-8-19-18(12-16)25-20(26(19)9-10-27)13-28-17-7-5-14-3-1-2-4-15(14)11-17/h1-8,11-12,27H,9-10,13H2. The minimum absolute atomic E-state index is 0.0777. The quantitative estimate of drug-likeness (QED) is 0.537. The molecule has 0 aliphatic heterocycles. The molecule has 0 saturated heterocycles. The zero-order valence-electron chi connectivity index (χ0n) is 14.8. The van der Waals surface area contributed by atoms with Crippen LogP contribution in [-0.2, 0) is 19.3 Å². The van der Waals surface area contributed by atoms with Gasteiger partial charge in [-0.1, -0.05) is 30.3 Å². The second-order valence-electron chi connectivity index (χ2n) is 6.40. The highest BCUT2D eigenvalue weighted by Gasteiger charge is 2.31. The minimum atomic E-state index is -4.43. The molecular formula is C21H17F3N2O2. The Morgan fingerprint density at radius 3 is 2.50 bits per heavy atom. The maximum atomic E-state index is 13.0. The molecule has 0 atom stereocenters. The van der Waals surface area contributed by atoms with Crippen molar-refractivity contribution in [3.05, 3.63) is 72.1 Å². The summed E-state index contributed by atoms with van der Waals surface area (Å²) in [5, 5.41) is 11.5. The van der Waals surface area contributed by atoms with Gasteiger partial charge in [0.1, 0.15) is 18.2 Å². The molecule has 0 unspecified atom stereocenters. The van der Waals surface area contributed by atoms with Crippen LogP contribution in [0.15, 0.2) is 60.7 Å². The lowest BCUT2D eigenvalue weighted by atomic mass is 10.1. The van der Waals surface area contributed by atoms with Crippen molar-refractivity contribution >= 4 is 21.8 Å². The number of imidazole rings is 1. The summed E-state index contributed by atoms with van der Waals surface area (Å²) in [5.74, 6) is 1.09. The second kappa shape index (κ2) is 7.16. The Balaban J connectivity index is 1.65. The molecule has 4 rings (SSSR count). The van der Waals surface area contributed by atoms with Crippen molar-refractivity contribution < 1.29 is 23.0 Å². The summed E-state index contributed by atoms with van der Waals surface area (Å²) in [5.41, 5.74) is -0.00445. The highest BCUT2D eigenvalue weighted by molar-refractivity contribution is 5.83. The number of ether oxygens (including phenoxy) is 1. The van der Waals surface area contributed by atoms with Crippen molar-refractivity contribution in [2.75, 3.05) is 6.61 Å². The van der Waals surface area contributed by atoms with E-state index in [0.29, 0.717) is 17.1 Å². The minimum Gasteiger partial charge on any atom is -0.486 e. The number of aliphatic hydroxyl groups is 1. The molecule has 1 heterocycles. The van der Waals surface area contributed by atoms with E-state index in [-0.39, 0.29) is 25.3 Å². The van der Waals surface area contributed by atoms with Crippen molar-refractivity contribution in [1.82, 2.24) is 9.55 Å². The van der Waals surface area contributed by atoms with Crippen molar-refractivity contribution in [2.45, 2.75) is 19.3 Å². The number of nitrogens with zero attached hydrogens (tertiary/aromatic N) is 2. The Morgan fingerprint density at radius 2 is 1.75 bits per heavy atom. The van der Waals surface area contributed by atoms with E-state index >= 15 is 0 Å². The summed E-state index contributed by atoms with van der Waals surface area (Å²) in [7, 11) is 0. The predicted octanol–water partition coefficient (Wildman–Crippen LogP) is 4.78. The fourth-order valence-electron chi connectivity index (χ4n) is 3.22. The van der Waals surface area contributed by atoms with Crippen molar-refractivity contribution in [1.29, 1.82) is 0 Å². The number of alkyl halides is 3. The highest BCUT2D eigenvalue weighted by Crippen LogP contribution is 2.31. The summed E-state index contributed by atoms with van der Waals surface area (Å²) in [6.07, 6.45) is -4.43. The number of hydrogen-bond acceptors (Lipinski definition) is 3. The largest absolute Gasteiger partial charge is 0.486 e. The van der Waals surface area contributed by atoms with Gasteiger partial charge in [0.2, 0.25) is 0 Å². The van der Waals surface area contributed by atoms with Gasteiger partial charge in [0.25, 0.3) is 0 Å². The van der Waals surface area contributed by atoms with E-state index < -0.39 is 11.7 Å². The lowest BCUT2D eigenvalue weighted by Gasteiger charge is -2.10. The molecule has 28 heavy (non-hydrogen) atoms. The molecule has 3 aromatic carbocycles. The third-order valence-electron chi connectivity index (χ3n) is 4.57. The SMILES string of the molecule is OCCn1c(COc2ccc3ccccc3c2)nc2cc(C(F)(F)F)ccc21. The highest BCUT2D eigenvalue weighted by atomic mass is 19.4. The number of benzene rings is 3. The summed E-state index contributed by atoms with van der Waals surface area (Å²) >= 11 is 0. The Labute approximate surface area is 158 Å². The van der Waals surface area contributed by atoms with Gasteiger partial charge < -0.3 is 14.4 Å². The molecule has 0 radical (unpaired) electrons. The lowest BCUT2D eigenvalue weighted by molar-refractivity contribution is -0.137. The van der Waals surface area contributed by atoms with Crippen LogP contribution in [0.4, 0.5) is 13.2 Å². The maximum absolute atomic E-state index is 13.0. The fraction of sp³-hybridized carbons (Fsp3) is 0.190. The molecule has 0 fully saturated rings. The molecule has 4 nitrogen and oxygen atoms in total. The number of hydrogen-bond donors (Lipinski definition) is 1. The van der Waals surface area contributed by atoms with E-state index in [0.717, 1.165) is 22.9 Å². The van der Waals surface area contributed by atoms with Crippen LogP contribution in [0, 0.1) is 0 Å². The average molecular weight is 386 g/mol. The third kappa shape index (κ3) is 3.53.